The number of hydrogen-bond donors (Lipinski definition) is 4. The van der Waals surface area contributed by atoms with Crippen LogP contribution in [0, 0.1) is 0 Å². The molecule has 2 amide bonds. The van der Waals surface area contributed by atoms with Crippen LogP contribution in [0.4, 0.5) is 5.69 Å². The number of amides is 2. The van der Waals surface area contributed by atoms with Crippen molar-refractivity contribution in [3.05, 3.63) is 22.2 Å². The number of halogens is 1. The van der Waals surface area contributed by atoms with Crippen molar-refractivity contribution < 1.29 is 24.2 Å². The van der Waals surface area contributed by atoms with E-state index in [0.29, 0.717) is 47.9 Å². The van der Waals surface area contributed by atoms with Gasteiger partial charge < -0.3 is 31.5 Å². The normalized spacial score (nSPS) is 15.4. The number of nitrogens with zero attached hydrogens (tertiary/aromatic N) is 1. The molecule has 3 rings (SSSR count). The molecule has 1 fully saturated rings. The number of anilines is 1. The topological polar surface area (TPSA) is 148 Å². The van der Waals surface area contributed by atoms with Crippen LogP contribution in [-0.2, 0) is 16.0 Å². The molecule has 202 valence electrons. The van der Waals surface area contributed by atoms with Crippen LogP contribution in [0.3, 0.4) is 0 Å². The second kappa shape index (κ2) is 15.6. The lowest BCUT2D eigenvalue weighted by Crippen LogP contribution is -2.44. The van der Waals surface area contributed by atoms with Gasteiger partial charge in [-0.1, -0.05) is 37.8 Å². The van der Waals surface area contributed by atoms with Crippen LogP contribution in [-0.4, -0.2) is 60.1 Å². The Kier molecular flexibility index (Phi) is 12.8. The number of likely N-dealkylation sites (tertiary alicyclic amines) is 1. The summed E-state index contributed by atoms with van der Waals surface area (Å²) in [7, 11) is 0. The summed E-state index contributed by atoms with van der Waals surface area (Å²) in [5, 5.41) is 11.7. The fourth-order valence-corrected chi connectivity index (χ4v) is 4.66. The highest BCUT2D eigenvalue weighted by Gasteiger charge is 2.27. The fourth-order valence-electron chi connectivity index (χ4n) is 4.44. The van der Waals surface area contributed by atoms with Gasteiger partial charge in [0.25, 0.3) is 5.91 Å². The number of primary amides is 1. The van der Waals surface area contributed by atoms with E-state index in [1.165, 1.54) is 0 Å². The summed E-state index contributed by atoms with van der Waals surface area (Å²) in [5.74, 6) is -0.480. The molecular formula is C26H41ClN4O5. The Hall–Kier alpha value is -2.52. The zero-order chi connectivity index (χ0) is 26.5. The van der Waals surface area contributed by atoms with Crippen molar-refractivity contribution in [2.24, 2.45) is 5.73 Å². The first-order valence-electron chi connectivity index (χ1n) is 13.0. The van der Waals surface area contributed by atoms with Crippen LogP contribution in [0.15, 0.2) is 6.07 Å². The number of carboxylic acids is 1. The summed E-state index contributed by atoms with van der Waals surface area (Å²) in [6, 6.07) is 1.75. The molecule has 1 aromatic rings. The predicted molar refractivity (Wildman–Crippen MR) is 141 cm³/mol. The van der Waals surface area contributed by atoms with E-state index >= 15 is 0 Å². The first-order valence-corrected chi connectivity index (χ1v) is 13.4. The molecule has 2 aliphatic rings. The highest BCUT2D eigenvalue weighted by Crippen LogP contribution is 2.38. The third-order valence-corrected chi connectivity index (χ3v) is 6.84. The van der Waals surface area contributed by atoms with Crippen LogP contribution in [0.25, 0.3) is 0 Å². The molecule has 0 atom stereocenters. The summed E-state index contributed by atoms with van der Waals surface area (Å²) in [5.41, 5.74) is 13.0. The number of nitrogens with one attached hydrogen (secondary N) is 1. The largest absolute Gasteiger partial charge is 0.492 e. The Morgan fingerprint density at radius 1 is 1.14 bits per heavy atom. The summed E-state index contributed by atoms with van der Waals surface area (Å²) in [6.45, 7) is 5.52. The number of rotatable bonds is 12. The molecule has 0 spiro atoms. The van der Waals surface area contributed by atoms with Crippen LogP contribution >= 0.6 is 11.6 Å². The minimum absolute atomic E-state index is 0.145. The van der Waals surface area contributed by atoms with Crippen LogP contribution in [0.1, 0.15) is 87.1 Å². The van der Waals surface area contributed by atoms with Crippen molar-refractivity contribution in [3.63, 3.8) is 0 Å². The van der Waals surface area contributed by atoms with E-state index < -0.39 is 5.97 Å². The first-order chi connectivity index (χ1) is 17.2. The lowest BCUT2D eigenvalue weighted by Gasteiger charge is -2.32. The summed E-state index contributed by atoms with van der Waals surface area (Å²) < 4.78 is 5.64. The van der Waals surface area contributed by atoms with Gasteiger partial charge in [0.05, 0.1) is 22.9 Å². The van der Waals surface area contributed by atoms with E-state index in [9.17, 15) is 14.4 Å². The second-order valence-electron chi connectivity index (χ2n) is 9.44. The number of piperidine rings is 1. The molecule has 2 aliphatic heterocycles. The van der Waals surface area contributed by atoms with Gasteiger partial charge in [-0.3, -0.25) is 14.4 Å². The van der Waals surface area contributed by atoms with E-state index in [1.807, 2.05) is 0 Å². The van der Waals surface area contributed by atoms with Crippen molar-refractivity contribution >= 4 is 35.1 Å². The maximum atomic E-state index is 12.8. The van der Waals surface area contributed by atoms with E-state index in [-0.39, 0.29) is 17.9 Å². The average Bonchev–Trinajstić information content (AvgIpc) is 3.33. The van der Waals surface area contributed by atoms with Crippen LogP contribution in [0.5, 0.6) is 5.75 Å². The Morgan fingerprint density at radius 3 is 2.47 bits per heavy atom. The van der Waals surface area contributed by atoms with Gasteiger partial charge in [0.15, 0.2) is 0 Å². The first kappa shape index (κ1) is 29.7. The number of nitrogens with two attached hydrogens (primary N) is 2. The fraction of sp³-hybridized carbons (Fsp3) is 0.654. The minimum atomic E-state index is -0.682. The number of fused-ring (bicyclic) bond motifs is 1. The van der Waals surface area contributed by atoms with E-state index in [4.69, 9.17) is 32.9 Å². The average molecular weight is 525 g/mol. The maximum Gasteiger partial charge on any atom is 0.303 e. The number of carboxylic acid groups (broad SMARTS) is 1. The standard InChI is InChI=1S/C20H29ClN4O3.C6H12O2/c21-16-12-15(19-14(18(16)23)7-11-28-19)20(27)24-13-5-9-25(10-6-13)8-3-1-2-4-17(22)26;1-2-3-4-5-6(7)8/h12-13H,1-11,23H2,(H2,22,26)(H,24,27);2-5H2,1H3,(H,7,8). The quantitative estimate of drug-likeness (QED) is 0.240. The van der Waals surface area contributed by atoms with Gasteiger partial charge in [-0.25, -0.2) is 0 Å². The molecular weight excluding hydrogens is 484 g/mol. The van der Waals surface area contributed by atoms with Gasteiger partial charge in [-0.15, -0.1) is 0 Å². The van der Waals surface area contributed by atoms with Crippen molar-refractivity contribution in [1.29, 1.82) is 0 Å². The zero-order valence-corrected chi connectivity index (χ0v) is 22.1. The maximum absolute atomic E-state index is 12.8. The number of carbonyl (C=O) groups is 3. The molecule has 1 saturated heterocycles. The Bertz CT molecular complexity index is 888. The van der Waals surface area contributed by atoms with Gasteiger partial charge in [0.1, 0.15) is 5.75 Å². The van der Waals surface area contributed by atoms with E-state index in [1.54, 1.807) is 6.07 Å². The summed E-state index contributed by atoms with van der Waals surface area (Å²) in [4.78, 5) is 35.8. The predicted octanol–water partition coefficient (Wildman–Crippen LogP) is 3.75. The molecule has 0 aromatic heterocycles. The number of benzene rings is 1. The van der Waals surface area contributed by atoms with Crippen molar-refractivity contribution in [2.45, 2.75) is 83.6 Å². The molecule has 2 heterocycles. The smallest absolute Gasteiger partial charge is 0.303 e. The van der Waals surface area contributed by atoms with Crippen molar-refractivity contribution in [3.8, 4) is 5.75 Å². The van der Waals surface area contributed by atoms with Gasteiger partial charge in [-0.05, 0) is 44.7 Å². The number of aliphatic carboxylic acids is 1. The number of ether oxygens (including phenoxy) is 1. The van der Waals surface area contributed by atoms with Gasteiger partial charge in [0.2, 0.25) is 5.91 Å². The molecule has 0 radical (unpaired) electrons. The number of hydrogen-bond acceptors (Lipinski definition) is 6. The van der Waals surface area contributed by atoms with E-state index in [0.717, 1.165) is 76.6 Å². The minimum Gasteiger partial charge on any atom is -0.492 e. The van der Waals surface area contributed by atoms with Gasteiger partial charge >= 0.3 is 5.97 Å². The third kappa shape index (κ3) is 9.85. The molecule has 9 nitrogen and oxygen atoms in total. The van der Waals surface area contributed by atoms with Gasteiger partial charge in [0, 0.05) is 44.0 Å². The molecule has 0 unspecified atom stereocenters. The summed E-state index contributed by atoms with van der Waals surface area (Å²) in [6.07, 6.45) is 9.20. The third-order valence-electron chi connectivity index (χ3n) is 6.53. The van der Waals surface area contributed by atoms with Crippen LogP contribution in [0.2, 0.25) is 5.02 Å². The van der Waals surface area contributed by atoms with E-state index in [2.05, 4.69) is 17.1 Å². The zero-order valence-electron chi connectivity index (χ0n) is 21.3. The van der Waals surface area contributed by atoms with Crippen LogP contribution < -0.4 is 21.5 Å². The molecule has 0 aliphatic carbocycles. The molecule has 0 saturated carbocycles. The lowest BCUT2D eigenvalue weighted by atomic mass is 10.0. The second-order valence-corrected chi connectivity index (χ2v) is 9.85. The molecule has 6 N–H and O–H groups in total. The highest BCUT2D eigenvalue weighted by molar-refractivity contribution is 6.33. The molecule has 36 heavy (non-hydrogen) atoms. The van der Waals surface area contributed by atoms with Crippen molar-refractivity contribution in [1.82, 2.24) is 10.2 Å². The van der Waals surface area contributed by atoms with Gasteiger partial charge in [-0.2, -0.15) is 0 Å². The molecule has 10 heteroatoms. The Morgan fingerprint density at radius 2 is 1.83 bits per heavy atom. The Balaban J connectivity index is 0.000000493. The number of unbranched alkanes of at least 4 members (excludes halogenated alkanes) is 4. The lowest BCUT2D eigenvalue weighted by molar-refractivity contribution is -0.137. The number of carbonyl (C=O) groups excluding carboxylic acids is 2. The SMILES string of the molecule is CCCCCC(=O)O.NC(=O)CCCCCN1CCC(NC(=O)c2cc(Cl)c(N)c3c2OCC3)CC1. The monoisotopic (exact) mass is 524 g/mol. The highest BCUT2D eigenvalue weighted by atomic mass is 35.5. The molecule has 0 bridgehead atoms. The van der Waals surface area contributed by atoms with Crippen molar-refractivity contribution in [2.75, 3.05) is 32.0 Å². The summed E-state index contributed by atoms with van der Waals surface area (Å²) >= 11 is 6.20. The Labute approximate surface area is 218 Å². The molecule has 1 aromatic carbocycles. The number of nitrogen functional groups attached to an aromatic ring is 1.